The van der Waals surface area contributed by atoms with E-state index in [1.54, 1.807) is 12.4 Å². The van der Waals surface area contributed by atoms with Gasteiger partial charge < -0.3 is 14.9 Å². The Balaban J connectivity index is 1.77. The molecule has 1 saturated heterocycles. The van der Waals surface area contributed by atoms with Crippen molar-refractivity contribution in [1.82, 2.24) is 9.97 Å². The predicted octanol–water partition coefficient (Wildman–Crippen LogP) is 1.95. The van der Waals surface area contributed by atoms with Crippen LogP contribution in [0.15, 0.2) is 36.7 Å². The Morgan fingerprint density at radius 2 is 2.25 bits per heavy atom. The van der Waals surface area contributed by atoms with Gasteiger partial charge >= 0.3 is 0 Å². The van der Waals surface area contributed by atoms with Crippen LogP contribution in [0, 0.1) is 11.3 Å². The van der Waals surface area contributed by atoms with Crippen molar-refractivity contribution in [3.8, 4) is 6.07 Å². The molecule has 1 aromatic carbocycles. The minimum absolute atomic E-state index is 0.144. The number of aliphatic hydroxyl groups is 1. The molecule has 1 N–H and O–H groups in total. The van der Waals surface area contributed by atoms with Crippen molar-refractivity contribution in [3.63, 3.8) is 0 Å². The van der Waals surface area contributed by atoms with Crippen molar-refractivity contribution in [2.45, 2.75) is 25.4 Å². The maximum absolute atomic E-state index is 9.50. The van der Waals surface area contributed by atoms with Gasteiger partial charge in [0.05, 0.1) is 24.3 Å². The lowest BCUT2D eigenvalue weighted by Gasteiger charge is -2.25. The van der Waals surface area contributed by atoms with Gasteiger partial charge in [-0.1, -0.05) is 12.1 Å². The first kappa shape index (κ1) is 16.2. The van der Waals surface area contributed by atoms with Crippen LogP contribution in [-0.4, -0.2) is 41.3 Å². The molecule has 0 spiro atoms. The largest absolute Gasteiger partial charge is 0.394 e. The molecule has 1 aromatic heterocycles. The van der Waals surface area contributed by atoms with Gasteiger partial charge in [-0.3, -0.25) is 0 Å². The zero-order chi connectivity index (χ0) is 16.9. The number of anilines is 2. The van der Waals surface area contributed by atoms with Crippen molar-refractivity contribution in [1.29, 1.82) is 5.26 Å². The summed E-state index contributed by atoms with van der Waals surface area (Å²) in [5, 5.41) is 18.5. The van der Waals surface area contributed by atoms with Crippen molar-refractivity contribution >= 4 is 11.6 Å². The second-order valence-electron chi connectivity index (χ2n) is 6.07. The maximum atomic E-state index is 9.50. The Kier molecular flexibility index (Phi) is 4.92. The number of rotatable bonds is 5. The Morgan fingerprint density at radius 1 is 1.38 bits per heavy atom. The molecule has 3 rings (SSSR count). The van der Waals surface area contributed by atoms with Gasteiger partial charge in [-0.05, 0) is 30.5 Å². The molecule has 0 bridgehead atoms. The molecule has 124 valence electrons. The smallest absolute Gasteiger partial charge is 0.134 e. The number of nitrogens with zero attached hydrogens (tertiary/aromatic N) is 5. The minimum atomic E-state index is 0.144. The Labute approximate surface area is 142 Å². The average Bonchev–Trinajstić information content (AvgIpc) is 3.10. The standard InChI is InChI=1S/C18H21N5O/c1-22(11-15-5-2-4-14(8-15)10-19)17-9-18(21-13-20-17)23-7-3-6-16(23)12-24/h2,4-5,8-9,13,16,24H,3,6-7,11-12H2,1H3/t16-/m1/s1. The summed E-state index contributed by atoms with van der Waals surface area (Å²) in [5.41, 5.74) is 1.72. The summed E-state index contributed by atoms with van der Waals surface area (Å²) >= 11 is 0. The first-order chi connectivity index (χ1) is 11.7. The van der Waals surface area contributed by atoms with Crippen LogP contribution in [-0.2, 0) is 6.54 Å². The average molecular weight is 323 g/mol. The Morgan fingerprint density at radius 3 is 3.04 bits per heavy atom. The highest BCUT2D eigenvalue weighted by atomic mass is 16.3. The van der Waals surface area contributed by atoms with Gasteiger partial charge in [0, 0.05) is 26.2 Å². The van der Waals surface area contributed by atoms with Crippen LogP contribution in [0.25, 0.3) is 0 Å². The van der Waals surface area contributed by atoms with Crippen LogP contribution >= 0.6 is 0 Å². The van der Waals surface area contributed by atoms with Crippen molar-refractivity contribution in [3.05, 3.63) is 47.8 Å². The zero-order valence-electron chi connectivity index (χ0n) is 13.8. The molecule has 0 aliphatic carbocycles. The van der Waals surface area contributed by atoms with E-state index in [4.69, 9.17) is 5.26 Å². The molecule has 2 heterocycles. The highest BCUT2D eigenvalue weighted by molar-refractivity contribution is 5.51. The molecule has 24 heavy (non-hydrogen) atoms. The van der Waals surface area contributed by atoms with Gasteiger partial charge in [0.15, 0.2) is 0 Å². The molecule has 1 aliphatic heterocycles. The van der Waals surface area contributed by atoms with Gasteiger partial charge in [-0.25, -0.2) is 9.97 Å². The van der Waals surface area contributed by atoms with Crippen LogP contribution in [0.1, 0.15) is 24.0 Å². The normalized spacial score (nSPS) is 16.9. The summed E-state index contributed by atoms with van der Waals surface area (Å²) in [5.74, 6) is 1.68. The van der Waals surface area contributed by atoms with Crippen LogP contribution in [0.3, 0.4) is 0 Å². The molecule has 1 aliphatic rings. The molecule has 0 radical (unpaired) electrons. The quantitative estimate of drug-likeness (QED) is 0.906. The van der Waals surface area contributed by atoms with E-state index in [-0.39, 0.29) is 12.6 Å². The van der Waals surface area contributed by atoms with Gasteiger partial charge in [-0.15, -0.1) is 0 Å². The molecule has 0 amide bonds. The molecule has 1 atom stereocenters. The van der Waals surface area contributed by atoms with E-state index in [1.165, 1.54) is 0 Å². The third-order valence-electron chi connectivity index (χ3n) is 4.39. The maximum Gasteiger partial charge on any atom is 0.134 e. The summed E-state index contributed by atoms with van der Waals surface area (Å²) < 4.78 is 0. The predicted molar refractivity (Wildman–Crippen MR) is 92.7 cm³/mol. The van der Waals surface area contributed by atoms with Crippen LogP contribution in [0.2, 0.25) is 0 Å². The van der Waals surface area contributed by atoms with Crippen molar-refractivity contribution < 1.29 is 5.11 Å². The Hall–Kier alpha value is -2.65. The zero-order valence-corrected chi connectivity index (χ0v) is 13.8. The molecular weight excluding hydrogens is 302 g/mol. The van der Waals surface area contributed by atoms with E-state index in [0.717, 1.165) is 36.6 Å². The van der Waals surface area contributed by atoms with Crippen molar-refractivity contribution in [2.24, 2.45) is 0 Å². The first-order valence-corrected chi connectivity index (χ1v) is 8.11. The van der Waals surface area contributed by atoms with Crippen LogP contribution in [0.4, 0.5) is 11.6 Å². The van der Waals surface area contributed by atoms with E-state index < -0.39 is 0 Å². The topological polar surface area (TPSA) is 76.3 Å². The second kappa shape index (κ2) is 7.28. The van der Waals surface area contributed by atoms with E-state index in [9.17, 15) is 5.11 Å². The van der Waals surface area contributed by atoms with E-state index >= 15 is 0 Å². The minimum Gasteiger partial charge on any atom is -0.394 e. The van der Waals surface area contributed by atoms with Crippen molar-refractivity contribution in [2.75, 3.05) is 30.0 Å². The first-order valence-electron chi connectivity index (χ1n) is 8.11. The lowest BCUT2D eigenvalue weighted by atomic mass is 10.1. The highest BCUT2D eigenvalue weighted by Crippen LogP contribution is 2.25. The third-order valence-corrected chi connectivity index (χ3v) is 4.39. The van der Waals surface area contributed by atoms with Gasteiger partial charge in [-0.2, -0.15) is 5.26 Å². The van der Waals surface area contributed by atoms with E-state index in [2.05, 4.69) is 20.9 Å². The van der Waals surface area contributed by atoms with Crippen LogP contribution in [0.5, 0.6) is 0 Å². The molecule has 0 unspecified atom stereocenters. The number of hydrogen-bond acceptors (Lipinski definition) is 6. The number of aliphatic hydroxyl groups excluding tert-OH is 1. The molecule has 1 fully saturated rings. The van der Waals surface area contributed by atoms with Gasteiger partial charge in [0.25, 0.3) is 0 Å². The van der Waals surface area contributed by atoms with Crippen LogP contribution < -0.4 is 9.80 Å². The summed E-state index contributed by atoms with van der Waals surface area (Å²) in [6, 6.07) is 11.9. The lowest BCUT2D eigenvalue weighted by molar-refractivity contribution is 0.266. The SMILES string of the molecule is CN(Cc1cccc(C#N)c1)c1cc(N2CCC[C@@H]2CO)ncn1. The highest BCUT2D eigenvalue weighted by Gasteiger charge is 2.25. The fourth-order valence-electron chi connectivity index (χ4n) is 3.12. The Bertz CT molecular complexity index is 742. The molecule has 6 heteroatoms. The summed E-state index contributed by atoms with van der Waals surface area (Å²) in [6.07, 6.45) is 3.63. The number of aromatic nitrogens is 2. The molecule has 0 saturated carbocycles. The molecule has 2 aromatic rings. The summed E-state index contributed by atoms with van der Waals surface area (Å²) in [6.45, 7) is 1.72. The number of hydrogen-bond donors (Lipinski definition) is 1. The number of benzene rings is 1. The van der Waals surface area contributed by atoms with E-state index in [1.807, 2.05) is 36.2 Å². The second-order valence-corrected chi connectivity index (χ2v) is 6.07. The fourth-order valence-corrected chi connectivity index (χ4v) is 3.12. The third kappa shape index (κ3) is 3.47. The number of nitriles is 1. The van der Waals surface area contributed by atoms with Gasteiger partial charge in [0.1, 0.15) is 18.0 Å². The monoisotopic (exact) mass is 323 g/mol. The fraction of sp³-hybridized carbons (Fsp3) is 0.389. The van der Waals surface area contributed by atoms with Gasteiger partial charge in [0.2, 0.25) is 0 Å². The lowest BCUT2D eigenvalue weighted by Crippen LogP contribution is -2.33. The summed E-state index contributed by atoms with van der Waals surface area (Å²) in [4.78, 5) is 12.9. The molecular formula is C18H21N5O. The molecule has 6 nitrogen and oxygen atoms in total. The van der Waals surface area contributed by atoms with E-state index in [0.29, 0.717) is 12.1 Å². The summed E-state index contributed by atoms with van der Waals surface area (Å²) in [7, 11) is 1.97.